The number of phenols is 1. The van der Waals surface area contributed by atoms with Crippen molar-refractivity contribution in [2.24, 2.45) is 0 Å². The smallest absolute Gasteiger partial charge is 0.125 e. The van der Waals surface area contributed by atoms with E-state index in [0.717, 1.165) is 24.0 Å². The van der Waals surface area contributed by atoms with Gasteiger partial charge >= 0.3 is 0 Å². The molecule has 0 aliphatic rings. The Hall–Kier alpha value is -2.52. The van der Waals surface area contributed by atoms with Crippen LogP contribution in [0.2, 0.25) is 0 Å². The second-order valence-electron chi connectivity index (χ2n) is 6.66. The van der Waals surface area contributed by atoms with E-state index in [0.29, 0.717) is 5.75 Å². The van der Waals surface area contributed by atoms with Crippen molar-refractivity contribution in [1.82, 2.24) is 0 Å². The summed E-state index contributed by atoms with van der Waals surface area (Å²) in [7, 11) is 6.27. The van der Waals surface area contributed by atoms with Crippen LogP contribution >= 0.6 is 0 Å². The van der Waals surface area contributed by atoms with Gasteiger partial charge in [-0.3, -0.25) is 0 Å². The fourth-order valence-electron chi connectivity index (χ4n) is 3.13. The summed E-state index contributed by atoms with van der Waals surface area (Å²) in [5.41, 5.74) is 3.54. The Morgan fingerprint density at radius 1 is 0.875 bits per heavy atom. The molecule has 3 heteroatoms. The van der Waals surface area contributed by atoms with Crippen LogP contribution in [0, 0.1) is 0 Å². The van der Waals surface area contributed by atoms with Gasteiger partial charge in [-0.1, -0.05) is 42.5 Å². The fraction of sp³-hybridized carbons (Fsp3) is 0.238. The molecule has 3 aromatic carbocycles. The van der Waals surface area contributed by atoms with Gasteiger partial charge in [0.05, 0.1) is 12.6 Å². The Balaban J connectivity index is 1.77. The molecule has 24 heavy (non-hydrogen) atoms. The number of anilines is 1. The zero-order chi connectivity index (χ0) is 17.1. The van der Waals surface area contributed by atoms with Gasteiger partial charge in [0.25, 0.3) is 0 Å². The van der Waals surface area contributed by atoms with Crippen molar-refractivity contribution in [1.29, 1.82) is 0 Å². The Labute approximate surface area is 143 Å². The molecule has 0 fully saturated rings. The van der Waals surface area contributed by atoms with Crippen molar-refractivity contribution in [2.75, 3.05) is 26.0 Å². The summed E-state index contributed by atoms with van der Waals surface area (Å²) < 4.78 is 0. The van der Waals surface area contributed by atoms with Crippen molar-refractivity contribution in [2.45, 2.75) is 13.1 Å². The number of hydrogen-bond acceptors (Lipinski definition) is 2. The molecule has 3 nitrogen and oxygen atoms in total. The highest BCUT2D eigenvalue weighted by atomic mass is 16.3. The number of benzene rings is 3. The van der Waals surface area contributed by atoms with E-state index >= 15 is 0 Å². The average Bonchev–Trinajstić information content (AvgIpc) is 2.58. The van der Waals surface area contributed by atoms with E-state index in [1.807, 2.05) is 18.2 Å². The van der Waals surface area contributed by atoms with Gasteiger partial charge in [0.1, 0.15) is 18.8 Å². The first-order valence-electron chi connectivity index (χ1n) is 8.32. The van der Waals surface area contributed by atoms with Crippen LogP contribution in [0.25, 0.3) is 10.8 Å². The van der Waals surface area contributed by atoms with Gasteiger partial charge in [-0.25, -0.2) is 0 Å². The molecule has 0 bridgehead atoms. The van der Waals surface area contributed by atoms with Crippen molar-refractivity contribution >= 4 is 16.5 Å². The first-order chi connectivity index (χ1) is 11.5. The molecule has 1 unspecified atom stereocenters. The average molecular weight is 321 g/mol. The van der Waals surface area contributed by atoms with Gasteiger partial charge < -0.3 is 14.9 Å². The summed E-state index contributed by atoms with van der Waals surface area (Å²) in [4.78, 5) is 3.45. The highest BCUT2D eigenvalue weighted by Gasteiger charge is 2.12. The number of phenolic OH excluding ortho intramolecular Hbond substituents is 1. The van der Waals surface area contributed by atoms with Crippen molar-refractivity contribution < 1.29 is 10.0 Å². The fourth-order valence-corrected chi connectivity index (χ4v) is 3.13. The molecule has 0 spiro atoms. The SMILES string of the molecule is CN(C)c1ccc(C[NH+](C)Cc2c(O)ccc3ccccc23)cc1. The van der Waals surface area contributed by atoms with E-state index in [1.165, 1.54) is 21.5 Å². The van der Waals surface area contributed by atoms with Crippen LogP contribution in [0.3, 0.4) is 0 Å². The summed E-state index contributed by atoms with van der Waals surface area (Å²) in [6, 6.07) is 20.7. The number of nitrogens with one attached hydrogen (secondary N) is 1. The minimum absolute atomic E-state index is 0.385. The molecular formula is C21H25N2O+. The lowest BCUT2D eigenvalue weighted by Gasteiger charge is -2.17. The Morgan fingerprint density at radius 2 is 1.58 bits per heavy atom. The van der Waals surface area contributed by atoms with Gasteiger partial charge in [-0.05, 0) is 29.0 Å². The third kappa shape index (κ3) is 3.52. The van der Waals surface area contributed by atoms with Crippen LogP contribution < -0.4 is 9.80 Å². The summed E-state index contributed by atoms with van der Waals surface area (Å²) in [5, 5.41) is 12.6. The molecule has 0 aliphatic carbocycles. The molecular weight excluding hydrogens is 296 g/mol. The standard InChI is InChI=1S/C21H24N2O/c1-22(2)18-11-8-16(9-12-18)14-23(3)15-20-19-7-5-4-6-17(19)10-13-21(20)24/h4-13,24H,14-15H2,1-3H3/p+1. The maximum Gasteiger partial charge on any atom is 0.125 e. The minimum Gasteiger partial charge on any atom is -0.507 e. The number of rotatable bonds is 5. The monoisotopic (exact) mass is 321 g/mol. The Morgan fingerprint density at radius 3 is 2.29 bits per heavy atom. The number of aromatic hydroxyl groups is 1. The lowest BCUT2D eigenvalue weighted by Crippen LogP contribution is -3.06. The van der Waals surface area contributed by atoms with Crippen LogP contribution in [0.15, 0.2) is 60.7 Å². The third-order valence-corrected chi connectivity index (χ3v) is 4.45. The molecule has 3 aromatic rings. The van der Waals surface area contributed by atoms with E-state index < -0.39 is 0 Å². The first kappa shape index (κ1) is 16.3. The molecule has 2 N–H and O–H groups in total. The van der Waals surface area contributed by atoms with Crippen LogP contribution in [-0.2, 0) is 13.1 Å². The lowest BCUT2D eigenvalue weighted by molar-refractivity contribution is -0.907. The minimum atomic E-state index is 0.385. The highest BCUT2D eigenvalue weighted by Crippen LogP contribution is 2.26. The number of fused-ring (bicyclic) bond motifs is 1. The molecule has 0 radical (unpaired) electrons. The van der Waals surface area contributed by atoms with Crippen molar-refractivity contribution in [3.8, 4) is 5.75 Å². The maximum atomic E-state index is 10.3. The number of nitrogens with zero attached hydrogens (tertiary/aromatic N) is 1. The van der Waals surface area contributed by atoms with E-state index in [9.17, 15) is 5.11 Å². The molecule has 0 amide bonds. The molecule has 0 saturated carbocycles. The summed E-state index contributed by atoms with van der Waals surface area (Å²) in [5.74, 6) is 0.385. The van der Waals surface area contributed by atoms with E-state index in [4.69, 9.17) is 0 Å². The quantitative estimate of drug-likeness (QED) is 0.756. The predicted octanol–water partition coefficient (Wildman–Crippen LogP) is 2.83. The van der Waals surface area contributed by atoms with E-state index in [-0.39, 0.29) is 0 Å². The zero-order valence-electron chi connectivity index (χ0n) is 14.6. The van der Waals surface area contributed by atoms with Gasteiger partial charge in [0.15, 0.2) is 0 Å². The van der Waals surface area contributed by atoms with Gasteiger partial charge in [-0.2, -0.15) is 0 Å². The van der Waals surface area contributed by atoms with Gasteiger partial charge in [0.2, 0.25) is 0 Å². The van der Waals surface area contributed by atoms with Gasteiger partial charge in [0, 0.05) is 25.3 Å². The van der Waals surface area contributed by atoms with Crippen LogP contribution in [0.4, 0.5) is 5.69 Å². The molecule has 0 saturated heterocycles. The maximum absolute atomic E-state index is 10.3. The molecule has 124 valence electrons. The summed E-state index contributed by atoms with van der Waals surface area (Å²) >= 11 is 0. The molecule has 0 aliphatic heterocycles. The topological polar surface area (TPSA) is 27.9 Å². The van der Waals surface area contributed by atoms with E-state index in [1.54, 1.807) is 6.07 Å². The largest absolute Gasteiger partial charge is 0.507 e. The Bertz CT molecular complexity index is 825. The van der Waals surface area contributed by atoms with Crippen LogP contribution in [0.5, 0.6) is 5.75 Å². The van der Waals surface area contributed by atoms with Gasteiger partial charge in [-0.15, -0.1) is 0 Å². The summed E-state index contributed by atoms with van der Waals surface area (Å²) in [6.07, 6.45) is 0. The lowest BCUT2D eigenvalue weighted by atomic mass is 10.0. The zero-order valence-corrected chi connectivity index (χ0v) is 14.6. The second-order valence-corrected chi connectivity index (χ2v) is 6.66. The molecule has 1 atom stereocenters. The van der Waals surface area contributed by atoms with Crippen molar-refractivity contribution in [3.63, 3.8) is 0 Å². The van der Waals surface area contributed by atoms with Crippen LogP contribution in [0.1, 0.15) is 11.1 Å². The molecule has 0 aromatic heterocycles. The second kappa shape index (κ2) is 6.93. The number of hydrogen-bond donors (Lipinski definition) is 2. The molecule has 0 heterocycles. The summed E-state index contributed by atoms with van der Waals surface area (Å²) in [6.45, 7) is 1.72. The first-order valence-corrected chi connectivity index (χ1v) is 8.32. The normalized spacial score (nSPS) is 12.3. The number of quaternary nitrogens is 1. The van der Waals surface area contributed by atoms with Crippen molar-refractivity contribution in [3.05, 3.63) is 71.8 Å². The van der Waals surface area contributed by atoms with E-state index in [2.05, 4.69) is 62.4 Å². The van der Waals surface area contributed by atoms with Crippen LogP contribution in [-0.4, -0.2) is 26.2 Å². The highest BCUT2D eigenvalue weighted by molar-refractivity contribution is 5.87. The predicted molar refractivity (Wildman–Crippen MR) is 101 cm³/mol. The third-order valence-electron chi connectivity index (χ3n) is 4.45. The Kier molecular flexibility index (Phi) is 4.72. The molecule has 3 rings (SSSR count).